The zero-order chi connectivity index (χ0) is 29.6. The summed E-state index contributed by atoms with van der Waals surface area (Å²) < 4.78 is 37.3. The maximum atomic E-state index is 10.5. The van der Waals surface area contributed by atoms with Crippen LogP contribution in [0.25, 0.3) is 11.7 Å². The van der Waals surface area contributed by atoms with E-state index in [1.54, 1.807) is 0 Å². The number of rotatable bonds is 6. The first-order valence-electron chi connectivity index (χ1n) is 12.4. The van der Waals surface area contributed by atoms with Crippen LogP contribution < -0.4 is 25.6 Å². The molecule has 210 valence electrons. The summed E-state index contributed by atoms with van der Waals surface area (Å²) in [6.45, 7) is 2.98. The second-order valence-electron chi connectivity index (χ2n) is 8.97. The van der Waals surface area contributed by atoms with Crippen molar-refractivity contribution in [3.05, 3.63) is 131 Å². The number of carbonyl (C=O) groups is 1. The summed E-state index contributed by atoms with van der Waals surface area (Å²) in [7, 11) is 0. The number of benzene rings is 3. The van der Waals surface area contributed by atoms with Gasteiger partial charge in [-0.05, 0) is 40.4 Å². The van der Waals surface area contributed by atoms with Gasteiger partial charge in [0.05, 0.1) is 12.2 Å². The van der Waals surface area contributed by atoms with Crippen LogP contribution in [0.3, 0.4) is 0 Å². The number of pyridine rings is 1. The molecule has 0 radical (unpaired) electrons. The van der Waals surface area contributed by atoms with Crippen molar-refractivity contribution in [3.63, 3.8) is 0 Å². The van der Waals surface area contributed by atoms with Crippen LogP contribution in [0.15, 0.2) is 120 Å². The van der Waals surface area contributed by atoms with E-state index in [0.29, 0.717) is 0 Å². The molecule has 4 nitrogen and oxygen atoms in total. The average molecular weight is 657 g/mol. The minimum Gasteiger partial charge on any atom is -0.542 e. The molecule has 0 fully saturated rings. The average Bonchev–Trinajstić information content (AvgIpc) is 3.26. The van der Waals surface area contributed by atoms with Crippen molar-refractivity contribution < 1.29 is 27.5 Å². The third-order valence-electron chi connectivity index (χ3n) is 6.31. The minimum absolute atomic E-state index is 0.772. The van der Waals surface area contributed by atoms with E-state index in [9.17, 15) is 13.2 Å². The Morgan fingerprint density at radius 3 is 1.95 bits per heavy atom. The molecule has 5 aromatic rings. The number of hydrogen-bond acceptors (Lipinski definition) is 3. The normalized spacial score (nSPS) is 11.8. The number of carbonyl (C=O) groups excluding carboxylic acids is 1. The molecule has 0 saturated heterocycles. The van der Waals surface area contributed by atoms with Crippen molar-refractivity contribution in [3.8, 4) is 0 Å². The highest BCUT2D eigenvalue weighted by molar-refractivity contribution is 9.10. The van der Waals surface area contributed by atoms with E-state index in [1.165, 1.54) is 27.3 Å². The first-order chi connectivity index (χ1) is 19.5. The third-order valence-corrected chi connectivity index (χ3v) is 11.8. The van der Waals surface area contributed by atoms with Gasteiger partial charge in [0.15, 0.2) is 5.44 Å². The lowest BCUT2D eigenvalue weighted by Gasteiger charge is -2.21. The van der Waals surface area contributed by atoms with E-state index in [4.69, 9.17) is 21.7 Å². The van der Waals surface area contributed by atoms with Crippen LogP contribution in [-0.2, 0) is 23.1 Å². The summed E-state index contributed by atoms with van der Waals surface area (Å²) in [5.41, 5.74) is 4.76. The number of carboxylic acids is 1. The number of halogens is 4. The van der Waals surface area contributed by atoms with Crippen molar-refractivity contribution >= 4 is 67.5 Å². The van der Waals surface area contributed by atoms with E-state index in [2.05, 4.69) is 153 Å². The topological polar surface area (TPSA) is 49.2 Å². The Labute approximate surface area is 249 Å². The molecule has 0 unspecified atom stereocenters. The summed E-state index contributed by atoms with van der Waals surface area (Å²) in [6, 6.07) is 33.7. The van der Waals surface area contributed by atoms with Gasteiger partial charge in [-0.25, -0.2) is 4.57 Å². The number of aromatic nitrogens is 2. The molecule has 0 aliphatic carbocycles. The molecule has 10 heteroatoms. The predicted molar refractivity (Wildman–Crippen MR) is 163 cm³/mol. The molecular formula is C31H25BrF3N2O2PS. The monoisotopic (exact) mass is 656 g/mol. The first-order valence-corrected chi connectivity index (χ1v) is 16.0. The van der Waals surface area contributed by atoms with Gasteiger partial charge in [-0.1, -0.05) is 113 Å². The van der Waals surface area contributed by atoms with E-state index in [0.717, 1.165) is 16.7 Å². The molecule has 5 rings (SSSR count). The molecule has 0 N–H and O–H groups in total. The van der Waals surface area contributed by atoms with E-state index < -0.39 is 18.2 Å². The standard InChI is InChI=1S/C29H25BrN2PS.C2HF3O2/c1-23-29(33(34,26-12-4-2-5-13-26)27-14-6-3-7-15-27)32-21-9-8-16-28(32)31(23)22-10-11-24-17-19-25(30)20-18-24;3-2(4,5)1(6)7/h2-21H,22H2,1H3;(H,6,7)/q+1;/p-1/b11-10+;. The minimum atomic E-state index is -5.19. The zero-order valence-corrected chi connectivity index (χ0v) is 25.1. The van der Waals surface area contributed by atoms with Crippen LogP contribution >= 0.6 is 22.0 Å². The van der Waals surface area contributed by atoms with Gasteiger partial charge in [-0.15, -0.1) is 0 Å². The lowest BCUT2D eigenvalue weighted by molar-refractivity contribution is -0.490. The fraction of sp³-hybridized carbons (Fsp3) is 0.0968. The van der Waals surface area contributed by atoms with Crippen molar-refractivity contribution in [1.82, 2.24) is 4.57 Å². The number of carboxylic acid groups (broad SMARTS) is 1. The SMILES string of the molecule is Cc1c(P(=S)(c2ccccc2)c2ccccc2)[n+]2ccccc2n1C/C=C/c1ccc(Br)cc1.O=C([O-])C(F)(F)F. The summed E-state index contributed by atoms with van der Waals surface area (Å²) in [6.07, 6.45) is 1.36. The largest absolute Gasteiger partial charge is 0.542 e. The van der Waals surface area contributed by atoms with Crippen LogP contribution in [-0.4, -0.2) is 16.7 Å². The van der Waals surface area contributed by atoms with Gasteiger partial charge >= 0.3 is 6.18 Å². The Kier molecular flexibility index (Phi) is 9.64. The molecule has 3 aromatic carbocycles. The maximum absolute atomic E-state index is 10.5. The third kappa shape index (κ3) is 6.87. The highest BCUT2D eigenvalue weighted by atomic mass is 79.9. The lowest BCUT2D eigenvalue weighted by Crippen LogP contribution is -2.42. The molecule has 0 aliphatic rings. The highest BCUT2D eigenvalue weighted by Gasteiger charge is 2.36. The van der Waals surface area contributed by atoms with Crippen LogP contribution in [0, 0.1) is 6.92 Å². The van der Waals surface area contributed by atoms with Crippen LogP contribution in [0.4, 0.5) is 13.2 Å². The van der Waals surface area contributed by atoms with Gasteiger partial charge < -0.3 is 9.90 Å². The molecule has 0 atom stereocenters. The molecule has 0 aliphatic heterocycles. The summed E-state index contributed by atoms with van der Waals surface area (Å²) in [5.74, 6) is -3.01. The molecule has 0 amide bonds. The second-order valence-corrected chi connectivity index (χ2v) is 14.2. The molecule has 0 bridgehead atoms. The smallest absolute Gasteiger partial charge is 0.430 e. The van der Waals surface area contributed by atoms with Crippen LogP contribution in [0.5, 0.6) is 0 Å². The van der Waals surface area contributed by atoms with Gasteiger partial charge in [-0.2, -0.15) is 17.6 Å². The van der Waals surface area contributed by atoms with Crippen LogP contribution in [0.2, 0.25) is 0 Å². The summed E-state index contributed by atoms with van der Waals surface area (Å²) >= 11 is 10.2. The first kappa shape index (κ1) is 30.4. The number of imidazole rings is 1. The predicted octanol–water partition coefficient (Wildman–Crippen LogP) is 5.07. The number of hydrogen-bond donors (Lipinski definition) is 0. The molecule has 2 heterocycles. The molecular weight excluding hydrogens is 632 g/mol. The quantitative estimate of drug-likeness (QED) is 0.190. The Morgan fingerprint density at radius 2 is 1.44 bits per heavy atom. The van der Waals surface area contributed by atoms with Crippen molar-refractivity contribution in [2.75, 3.05) is 0 Å². The zero-order valence-electron chi connectivity index (χ0n) is 21.8. The van der Waals surface area contributed by atoms with E-state index in [-0.39, 0.29) is 0 Å². The molecule has 0 spiro atoms. The summed E-state index contributed by atoms with van der Waals surface area (Å²) in [5, 5.41) is 11.2. The number of allylic oxidation sites excluding steroid dienone is 1. The fourth-order valence-electron chi connectivity index (χ4n) is 4.45. The number of nitrogens with zero attached hydrogens (tertiary/aromatic N) is 2. The Bertz CT molecular complexity index is 1680. The Balaban J connectivity index is 0.000000493. The van der Waals surface area contributed by atoms with Gasteiger partial charge in [0.1, 0.15) is 18.2 Å². The van der Waals surface area contributed by atoms with Crippen molar-refractivity contribution in [2.45, 2.75) is 19.6 Å². The second kappa shape index (κ2) is 13.0. The summed E-state index contributed by atoms with van der Waals surface area (Å²) in [4.78, 5) is 8.78. The van der Waals surface area contributed by atoms with Crippen molar-refractivity contribution in [1.29, 1.82) is 0 Å². The number of alkyl halides is 3. The Morgan fingerprint density at radius 1 is 0.927 bits per heavy atom. The fourth-order valence-corrected chi connectivity index (χ4v) is 9.12. The molecule has 41 heavy (non-hydrogen) atoms. The van der Waals surface area contributed by atoms with E-state index >= 15 is 0 Å². The van der Waals surface area contributed by atoms with Gasteiger partial charge in [0.25, 0.3) is 5.65 Å². The lowest BCUT2D eigenvalue weighted by atomic mass is 10.2. The maximum Gasteiger partial charge on any atom is 0.430 e. The van der Waals surface area contributed by atoms with Gasteiger partial charge in [0, 0.05) is 17.5 Å². The number of fused-ring (bicyclic) bond motifs is 1. The molecule has 2 aromatic heterocycles. The van der Waals surface area contributed by atoms with Crippen LogP contribution in [0.1, 0.15) is 11.3 Å². The number of aliphatic carboxylic acids is 1. The van der Waals surface area contributed by atoms with Gasteiger partial charge in [0.2, 0.25) is 0 Å². The van der Waals surface area contributed by atoms with E-state index in [1.807, 2.05) is 0 Å². The highest BCUT2D eigenvalue weighted by Crippen LogP contribution is 2.43. The van der Waals surface area contributed by atoms with Crippen molar-refractivity contribution in [2.24, 2.45) is 0 Å². The van der Waals surface area contributed by atoms with Gasteiger partial charge in [-0.3, -0.25) is 0 Å². The Hall–Kier alpha value is -3.52. The molecule has 0 saturated carbocycles.